The van der Waals surface area contributed by atoms with E-state index in [0.717, 1.165) is 0 Å². The van der Waals surface area contributed by atoms with E-state index in [1.807, 2.05) is 0 Å². The zero-order valence-electron chi connectivity index (χ0n) is 16.6. The van der Waals surface area contributed by atoms with E-state index in [2.05, 4.69) is 14.9 Å². The van der Waals surface area contributed by atoms with Crippen LogP contribution in [-0.4, -0.2) is 74.8 Å². The largest absolute Gasteiger partial charge is 0.360 e. The Morgan fingerprint density at radius 3 is 2.43 bits per heavy atom. The van der Waals surface area contributed by atoms with Crippen molar-refractivity contribution >= 4 is 26.0 Å². The highest BCUT2D eigenvalue weighted by Gasteiger charge is 2.34. The van der Waals surface area contributed by atoms with E-state index in [-0.39, 0.29) is 60.6 Å². The van der Waals surface area contributed by atoms with Crippen LogP contribution in [0.3, 0.4) is 0 Å². The third-order valence-electron chi connectivity index (χ3n) is 4.73. The quantitative estimate of drug-likeness (QED) is 0.607. The molecule has 0 radical (unpaired) electrons. The van der Waals surface area contributed by atoms with Crippen molar-refractivity contribution in [2.45, 2.75) is 30.1 Å². The topological polar surface area (TPSA) is 143 Å². The van der Waals surface area contributed by atoms with Crippen LogP contribution < -0.4 is 4.72 Å². The third kappa shape index (κ3) is 4.69. The van der Waals surface area contributed by atoms with Crippen LogP contribution in [0.1, 0.15) is 17.9 Å². The summed E-state index contributed by atoms with van der Waals surface area (Å²) in [4.78, 5) is 17.8. The molecule has 1 fully saturated rings. The van der Waals surface area contributed by atoms with Crippen molar-refractivity contribution in [1.29, 1.82) is 0 Å². The fourth-order valence-electron chi connectivity index (χ4n) is 3.19. The monoisotopic (exact) mass is 457 g/mol. The average molecular weight is 458 g/mol. The van der Waals surface area contributed by atoms with Gasteiger partial charge in [0.25, 0.3) is 0 Å². The van der Waals surface area contributed by atoms with E-state index >= 15 is 0 Å². The normalized spacial score (nSPS) is 16.0. The predicted octanol–water partition coefficient (Wildman–Crippen LogP) is -0.112. The Bertz CT molecular complexity index is 1090. The number of carbonyl (C=O) groups excluding carboxylic acids is 1. The Morgan fingerprint density at radius 2 is 1.87 bits per heavy atom. The van der Waals surface area contributed by atoms with Gasteiger partial charge in [-0.3, -0.25) is 9.78 Å². The standard InChI is InChI=1S/C17H23N5O6S2/c1-13-17(14(2)28-20-13)30(26,27)22-10-8-21(9-11-22)16(23)5-7-19-29(24,25)15-4-3-6-18-12-15/h3-4,6,12,19H,5,7-11H2,1-2H3. The molecule has 2 aromatic heterocycles. The van der Waals surface area contributed by atoms with Crippen LogP contribution in [0.4, 0.5) is 0 Å². The first kappa shape index (κ1) is 22.3. The van der Waals surface area contributed by atoms with E-state index in [4.69, 9.17) is 4.52 Å². The zero-order valence-corrected chi connectivity index (χ0v) is 18.2. The third-order valence-corrected chi connectivity index (χ3v) is 8.32. The summed E-state index contributed by atoms with van der Waals surface area (Å²) in [5, 5.41) is 3.69. The molecule has 1 aliphatic heterocycles. The molecular formula is C17H23N5O6S2. The van der Waals surface area contributed by atoms with Crippen LogP contribution in [0.5, 0.6) is 0 Å². The SMILES string of the molecule is Cc1noc(C)c1S(=O)(=O)N1CCN(C(=O)CCNS(=O)(=O)c2cccnc2)CC1. The van der Waals surface area contributed by atoms with Crippen molar-refractivity contribution in [2.24, 2.45) is 0 Å². The van der Waals surface area contributed by atoms with Gasteiger partial charge in [0.2, 0.25) is 26.0 Å². The van der Waals surface area contributed by atoms with Gasteiger partial charge in [0, 0.05) is 51.5 Å². The van der Waals surface area contributed by atoms with Crippen LogP contribution in [0.25, 0.3) is 0 Å². The molecule has 13 heteroatoms. The summed E-state index contributed by atoms with van der Waals surface area (Å²) in [5.74, 6) is -0.0230. The van der Waals surface area contributed by atoms with Crippen molar-refractivity contribution in [2.75, 3.05) is 32.7 Å². The minimum Gasteiger partial charge on any atom is -0.360 e. The average Bonchev–Trinajstić information content (AvgIpc) is 3.07. The Balaban J connectivity index is 1.52. The number of aromatic nitrogens is 2. The highest BCUT2D eigenvalue weighted by molar-refractivity contribution is 7.89. The van der Waals surface area contributed by atoms with Gasteiger partial charge in [0.15, 0.2) is 5.76 Å². The second kappa shape index (κ2) is 8.79. The summed E-state index contributed by atoms with van der Waals surface area (Å²) >= 11 is 0. The van der Waals surface area contributed by atoms with Gasteiger partial charge in [-0.2, -0.15) is 4.31 Å². The van der Waals surface area contributed by atoms with Crippen molar-refractivity contribution in [3.8, 4) is 0 Å². The summed E-state index contributed by atoms with van der Waals surface area (Å²) < 4.78 is 58.6. The summed E-state index contributed by atoms with van der Waals surface area (Å²) in [5.41, 5.74) is 0.298. The Morgan fingerprint density at radius 1 is 1.17 bits per heavy atom. The lowest BCUT2D eigenvalue weighted by molar-refractivity contribution is -0.132. The molecule has 3 rings (SSSR count). The van der Waals surface area contributed by atoms with Gasteiger partial charge in [0.1, 0.15) is 15.5 Å². The first-order valence-electron chi connectivity index (χ1n) is 9.23. The number of sulfonamides is 2. The molecule has 11 nitrogen and oxygen atoms in total. The maximum Gasteiger partial charge on any atom is 0.248 e. The van der Waals surface area contributed by atoms with Gasteiger partial charge in [-0.15, -0.1) is 0 Å². The number of amides is 1. The minimum absolute atomic E-state index is 0.0237. The van der Waals surface area contributed by atoms with Gasteiger partial charge in [-0.05, 0) is 26.0 Å². The van der Waals surface area contributed by atoms with Crippen LogP contribution in [0.15, 0.2) is 38.8 Å². The lowest BCUT2D eigenvalue weighted by Gasteiger charge is -2.34. The van der Waals surface area contributed by atoms with E-state index in [1.165, 1.54) is 33.7 Å². The smallest absolute Gasteiger partial charge is 0.248 e. The Kier molecular flexibility index (Phi) is 6.55. The molecule has 2 aromatic rings. The molecule has 164 valence electrons. The molecule has 1 aliphatic rings. The van der Waals surface area contributed by atoms with Gasteiger partial charge in [0.05, 0.1) is 0 Å². The summed E-state index contributed by atoms with van der Waals surface area (Å²) in [6, 6.07) is 2.92. The minimum atomic E-state index is -3.75. The van der Waals surface area contributed by atoms with E-state index < -0.39 is 20.0 Å². The molecule has 0 atom stereocenters. The van der Waals surface area contributed by atoms with E-state index in [1.54, 1.807) is 13.8 Å². The highest BCUT2D eigenvalue weighted by atomic mass is 32.2. The number of hydrogen-bond donors (Lipinski definition) is 1. The number of pyridine rings is 1. The van der Waals surface area contributed by atoms with Crippen LogP contribution in [-0.2, 0) is 24.8 Å². The van der Waals surface area contributed by atoms with Crippen molar-refractivity contribution in [3.05, 3.63) is 36.0 Å². The van der Waals surface area contributed by atoms with Gasteiger partial charge < -0.3 is 9.42 Å². The summed E-state index contributed by atoms with van der Waals surface area (Å²) in [6.45, 7) is 3.76. The first-order chi connectivity index (χ1) is 14.1. The molecule has 1 N–H and O–H groups in total. The second-order valence-corrected chi connectivity index (χ2v) is 10.4. The maximum absolute atomic E-state index is 12.8. The zero-order chi connectivity index (χ0) is 21.9. The molecule has 30 heavy (non-hydrogen) atoms. The van der Waals surface area contributed by atoms with E-state index in [0.29, 0.717) is 5.69 Å². The lowest BCUT2D eigenvalue weighted by atomic mass is 10.3. The van der Waals surface area contributed by atoms with E-state index in [9.17, 15) is 21.6 Å². The second-order valence-electron chi connectivity index (χ2n) is 6.77. The van der Waals surface area contributed by atoms with Crippen LogP contribution in [0, 0.1) is 13.8 Å². The highest BCUT2D eigenvalue weighted by Crippen LogP contribution is 2.24. The molecule has 0 aliphatic carbocycles. The van der Waals surface area contributed by atoms with Crippen molar-refractivity contribution in [3.63, 3.8) is 0 Å². The number of carbonyl (C=O) groups is 1. The molecule has 0 spiro atoms. The number of nitrogens with one attached hydrogen (secondary N) is 1. The number of hydrogen-bond acceptors (Lipinski definition) is 8. The molecule has 0 unspecified atom stereocenters. The number of piperazine rings is 1. The summed E-state index contributed by atoms with van der Waals surface area (Å²) in [6.07, 6.45) is 2.66. The molecule has 1 saturated heterocycles. The molecule has 1 amide bonds. The molecule has 0 saturated carbocycles. The molecule has 0 bridgehead atoms. The van der Waals surface area contributed by atoms with Gasteiger partial charge in [-0.25, -0.2) is 21.6 Å². The van der Waals surface area contributed by atoms with Gasteiger partial charge >= 0.3 is 0 Å². The fourth-order valence-corrected chi connectivity index (χ4v) is 5.90. The summed E-state index contributed by atoms with van der Waals surface area (Å²) in [7, 11) is -7.49. The number of rotatable bonds is 7. The number of aryl methyl sites for hydroxylation is 2. The first-order valence-corrected chi connectivity index (χ1v) is 12.2. The Hall–Kier alpha value is -2.35. The lowest BCUT2D eigenvalue weighted by Crippen LogP contribution is -2.51. The maximum atomic E-state index is 12.8. The molecule has 3 heterocycles. The fraction of sp³-hybridized carbons (Fsp3) is 0.471. The van der Waals surface area contributed by atoms with Crippen LogP contribution >= 0.6 is 0 Å². The molecule has 0 aromatic carbocycles. The van der Waals surface area contributed by atoms with Gasteiger partial charge in [-0.1, -0.05) is 5.16 Å². The number of nitrogens with zero attached hydrogens (tertiary/aromatic N) is 4. The van der Waals surface area contributed by atoms with Crippen molar-refractivity contribution in [1.82, 2.24) is 24.1 Å². The van der Waals surface area contributed by atoms with Crippen molar-refractivity contribution < 1.29 is 26.2 Å². The Labute approximate surface area is 175 Å². The van der Waals surface area contributed by atoms with Crippen LogP contribution in [0.2, 0.25) is 0 Å². The predicted molar refractivity (Wildman–Crippen MR) is 105 cm³/mol. The molecular weight excluding hydrogens is 434 g/mol.